The van der Waals surface area contributed by atoms with Gasteiger partial charge in [-0.3, -0.25) is 0 Å². The van der Waals surface area contributed by atoms with Crippen molar-refractivity contribution in [2.45, 2.75) is 13.0 Å². The summed E-state index contributed by atoms with van der Waals surface area (Å²) < 4.78 is 13.8. The Labute approximate surface area is 79.4 Å². The summed E-state index contributed by atoms with van der Waals surface area (Å²) in [5.74, 6) is -0.214. The predicted octanol–water partition coefficient (Wildman–Crippen LogP) is 3.09. The molecule has 0 aliphatic heterocycles. The molecule has 2 rings (SSSR count). The molecule has 0 spiro atoms. The Bertz CT molecular complexity index is 433. The van der Waals surface area contributed by atoms with E-state index in [9.17, 15) is 9.50 Å². The van der Waals surface area contributed by atoms with E-state index in [1.54, 1.807) is 18.4 Å². The Morgan fingerprint density at radius 3 is 2.92 bits per heavy atom. The summed E-state index contributed by atoms with van der Waals surface area (Å²) in [7, 11) is 0. The highest BCUT2D eigenvalue weighted by Crippen LogP contribution is 2.31. The molecule has 1 heterocycles. The highest BCUT2D eigenvalue weighted by Gasteiger charge is 2.10. The minimum Gasteiger partial charge on any atom is -0.389 e. The van der Waals surface area contributed by atoms with Gasteiger partial charge in [-0.1, -0.05) is 12.1 Å². The van der Waals surface area contributed by atoms with Crippen LogP contribution in [0.15, 0.2) is 23.6 Å². The van der Waals surface area contributed by atoms with Crippen molar-refractivity contribution < 1.29 is 9.50 Å². The Morgan fingerprint density at radius 2 is 2.23 bits per heavy atom. The maximum absolute atomic E-state index is 13.2. The number of hydrogen-bond donors (Lipinski definition) is 1. The van der Waals surface area contributed by atoms with Crippen LogP contribution < -0.4 is 0 Å². The molecule has 1 aromatic carbocycles. The molecule has 0 amide bonds. The number of thiophene rings is 1. The zero-order valence-corrected chi connectivity index (χ0v) is 7.94. The number of benzene rings is 1. The molecule has 3 heteroatoms. The topological polar surface area (TPSA) is 20.2 Å². The predicted molar refractivity (Wildman–Crippen MR) is 52.4 cm³/mol. The zero-order chi connectivity index (χ0) is 9.42. The van der Waals surface area contributed by atoms with Gasteiger partial charge in [-0.2, -0.15) is 0 Å². The lowest BCUT2D eigenvalue weighted by Gasteiger charge is -2.01. The Kier molecular flexibility index (Phi) is 2.06. The Morgan fingerprint density at radius 1 is 1.46 bits per heavy atom. The summed E-state index contributed by atoms with van der Waals surface area (Å²) in [5.41, 5.74) is 0.805. The number of aliphatic hydroxyl groups is 1. The van der Waals surface area contributed by atoms with Crippen LogP contribution in [-0.4, -0.2) is 5.11 Å². The average molecular weight is 196 g/mol. The molecule has 0 aliphatic carbocycles. The molecule has 13 heavy (non-hydrogen) atoms. The fraction of sp³-hybridized carbons (Fsp3) is 0.200. The summed E-state index contributed by atoms with van der Waals surface area (Å²) in [5, 5.41) is 12.0. The highest BCUT2D eigenvalue weighted by molar-refractivity contribution is 7.17. The van der Waals surface area contributed by atoms with Gasteiger partial charge in [0.25, 0.3) is 0 Å². The Hall–Kier alpha value is -0.930. The van der Waals surface area contributed by atoms with E-state index >= 15 is 0 Å². The van der Waals surface area contributed by atoms with Crippen LogP contribution in [0, 0.1) is 5.82 Å². The second-order valence-electron chi connectivity index (χ2n) is 2.98. The van der Waals surface area contributed by atoms with Crippen molar-refractivity contribution in [3.8, 4) is 0 Å². The quantitative estimate of drug-likeness (QED) is 0.743. The van der Waals surface area contributed by atoms with Crippen LogP contribution in [0.5, 0.6) is 0 Å². The molecule has 0 bridgehead atoms. The molecular weight excluding hydrogens is 187 g/mol. The van der Waals surface area contributed by atoms with Gasteiger partial charge < -0.3 is 5.11 Å². The first-order valence-electron chi connectivity index (χ1n) is 4.04. The molecule has 0 fully saturated rings. The van der Waals surface area contributed by atoms with E-state index in [0.717, 1.165) is 10.9 Å². The summed E-state index contributed by atoms with van der Waals surface area (Å²) in [4.78, 5) is 0. The number of hydrogen-bond acceptors (Lipinski definition) is 2. The van der Waals surface area contributed by atoms with Gasteiger partial charge in [-0.25, -0.2) is 4.39 Å². The van der Waals surface area contributed by atoms with Crippen molar-refractivity contribution >= 4 is 21.4 Å². The molecule has 1 aromatic heterocycles. The van der Waals surface area contributed by atoms with Crippen molar-refractivity contribution in [2.24, 2.45) is 0 Å². The smallest absolute Gasteiger partial charge is 0.140 e. The van der Waals surface area contributed by atoms with Crippen molar-refractivity contribution in [1.29, 1.82) is 0 Å². The first-order valence-corrected chi connectivity index (χ1v) is 4.92. The molecule has 1 N–H and O–H groups in total. The summed E-state index contributed by atoms with van der Waals surface area (Å²) in [6, 6.07) is 4.93. The number of fused-ring (bicyclic) bond motifs is 1. The van der Waals surface area contributed by atoms with E-state index in [1.165, 1.54) is 17.4 Å². The van der Waals surface area contributed by atoms with Crippen LogP contribution in [0.25, 0.3) is 10.1 Å². The third-order valence-corrected chi connectivity index (χ3v) is 3.05. The lowest BCUT2D eigenvalue weighted by molar-refractivity contribution is 0.201. The van der Waals surface area contributed by atoms with E-state index < -0.39 is 6.10 Å². The first kappa shape index (κ1) is 8.66. The van der Waals surface area contributed by atoms with Gasteiger partial charge in [-0.05, 0) is 23.9 Å². The van der Waals surface area contributed by atoms with Crippen molar-refractivity contribution in [3.63, 3.8) is 0 Å². The van der Waals surface area contributed by atoms with E-state index in [-0.39, 0.29) is 5.82 Å². The van der Waals surface area contributed by atoms with Crippen LogP contribution >= 0.6 is 11.3 Å². The molecular formula is C10H9FOS. The lowest BCUT2D eigenvalue weighted by Crippen LogP contribution is -1.87. The molecule has 0 saturated carbocycles. The van der Waals surface area contributed by atoms with E-state index in [0.29, 0.717) is 4.70 Å². The van der Waals surface area contributed by atoms with Crippen LogP contribution in [0.1, 0.15) is 18.6 Å². The van der Waals surface area contributed by atoms with Crippen LogP contribution in [0.4, 0.5) is 4.39 Å². The highest BCUT2D eigenvalue weighted by atomic mass is 32.1. The van der Waals surface area contributed by atoms with E-state index in [2.05, 4.69) is 0 Å². The van der Waals surface area contributed by atoms with Crippen molar-refractivity contribution in [2.75, 3.05) is 0 Å². The standard InChI is InChI=1S/C10H9FOS/c1-6(12)8-5-13-10-7(8)3-2-4-9(10)11/h2-6,12H,1H3. The molecule has 2 aromatic rings. The second kappa shape index (κ2) is 3.09. The summed E-state index contributed by atoms with van der Waals surface area (Å²) in [6.45, 7) is 1.69. The molecule has 0 aliphatic rings. The monoisotopic (exact) mass is 196 g/mol. The van der Waals surface area contributed by atoms with Gasteiger partial charge >= 0.3 is 0 Å². The van der Waals surface area contributed by atoms with Gasteiger partial charge in [0, 0.05) is 5.39 Å². The van der Waals surface area contributed by atoms with E-state index in [1.807, 2.05) is 6.07 Å². The number of rotatable bonds is 1. The minimum atomic E-state index is -0.532. The lowest BCUT2D eigenvalue weighted by atomic mass is 10.1. The van der Waals surface area contributed by atoms with Crippen LogP contribution in [0.3, 0.4) is 0 Å². The molecule has 1 nitrogen and oxygen atoms in total. The van der Waals surface area contributed by atoms with Gasteiger partial charge in [0.1, 0.15) is 5.82 Å². The van der Waals surface area contributed by atoms with E-state index in [4.69, 9.17) is 0 Å². The minimum absolute atomic E-state index is 0.214. The van der Waals surface area contributed by atoms with Gasteiger partial charge in [0.2, 0.25) is 0 Å². The maximum atomic E-state index is 13.2. The van der Waals surface area contributed by atoms with Crippen LogP contribution in [-0.2, 0) is 0 Å². The summed E-state index contributed by atoms with van der Waals surface area (Å²) >= 11 is 1.33. The normalized spacial score (nSPS) is 13.5. The van der Waals surface area contributed by atoms with Gasteiger partial charge in [0.15, 0.2) is 0 Å². The first-order chi connectivity index (χ1) is 6.20. The van der Waals surface area contributed by atoms with Gasteiger partial charge in [-0.15, -0.1) is 11.3 Å². The third kappa shape index (κ3) is 1.34. The Balaban J connectivity index is 2.75. The SMILES string of the molecule is CC(O)c1csc2c(F)cccc12. The fourth-order valence-corrected chi connectivity index (χ4v) is 2.43. The second-order valence-corrected chi connectivity index (χ2v) is 3.86. The van der Waals surface area contributed by atoms with Crippen molar-refractivity contribution in [3.05, 3.63) is 35.0 Å². The van der Waals surface area contributed by atoms with Crippen LogP contribution in [0.2, 0.25) is 0 Å². The van der Waals surface area contributed by atoms with Gasteiger partial charge in [0.05, 0.1) is 10.8 Å². The fourth-order valence-electron chi connectivity index (χ4n) is 1.37. The summed E-state index contributed by atoms with van der Waals surface area (Å²) in [6.07, 6.45) is -0.532. The molecule has 1 unspecified atom stereocenters. The third-order valence-electron chi connectivity index (χ3n) is 2.03. The molecule has 0 radical (unpaired) electrons. The molecule has 68 valence electrons. The maximum Gasteiger partial charge on any atom is 0.140 e. The number of aliphatic hydroxyl groups excluding tert-OH is 1. The largest absolute Gasteiger partial charge is 0.389 e. The zero-order valence-electron chi connectivity index (χ0n) is 7.12. The molecule has 1 atom stereocenters. The average Bonchev–Trinajstić information content (AvgIpc) is 2.48. The molecule has 0 saturated heterocycles. The van der Waals surface area contributed by atoms with Crippen molar-refractivity contribution in [1.82, 2.24) is 0 Å². The number of halogens is 1.